The number of imidazole rings is 1. The Morgan fingerprint density at radius 3 is 2.47 bits per heavy atom. The number of anilines is 1. The molecule has 30 heavy (non-hydrogen) atoms. The Balaban J connectivity index is 1.65. The molecule has 6 nitrogen and oxygen atoms in total. The van der Waals surface area contributed by atoms with Crippen molar-refractivity contribution in [2.24, 2.45) is 0 Å². The second-order valence-corrected chi connectivity index (χ2v) is 7.43. The first kappa shape index (κ1) is 21.6. The van der Waals surface area contributed by atoms with Gasteiger partial charge in [0.15, 0.2) is 5.16 Å². The van der Waals surface area contributed by atoms with Gasteiger partial charge in [-0.3, -0.25) is 4.79 Å². The molecule has 0 unspecified atom stereocenters. The first-order valence-electron chi connectivity index (χ1n) is 9.44. The molecule has 3 rings (SSSR count). The van der Waals surface area contributed by atoms with Gasteiger partial charge >= 0.3 is 5.97 Å². The number of rotatable bonds is 8. The zero-order chi connectivity index (χ0) is 21.5. The van der Waals surface area contributed by atoms with Crippen LogP contribution in [0.3, 0.4) is 0 Å². The number of hydrogen-bond donors (Lipinski definition) is 1. The van der Waals surface area contributed by atoms with E-state index in [9.17, 15) is 14.0 Å². The zero-order valence-corrected chi connectivity index (χ0v) is 17.5. The van der Waals surface area contributed by atoms with Crippen LogP contribution in [0.25, 0.3) is 11.3 Å². The molecule has 0 bridgehead atoms. The molecule has 8 heteroatoms. The van der Waals surface area contributed by atoms with E-state index < -0.39 is 5.97 Å². The molecule has 0 spiro atoms. The monoisotopic (exact) mass is 427 g/mol. The number of nitrogens with zero attached hydrogens (tertiary/aromatic N) is 2. The predicted molar refractivity (Wildman–Crippen MR) is 115 cm³/mol. The van der Waals surface area contributed by atoms with Crippen molar-refractivity contribution in [1.29, 1.82) is 0 Å². The molecule has 156 valence electrons. The summed E-state index contributed by atoms with van der Waals surface area (Å²) in [6.07, 6.45) is 2.64. The molecule has 1 aromatic heterocycles. The standard InChI is InChI=1S/C22H22FN3O3S/c1-3-12-26-19(15-4-8-17(23)9-5-15)13-24-22(26)30-14-20(27)25-18-10-6-16(7-11-18)21(28)29-2/h4-11,13H,3,12,14H2,1-2H3,(H,25,27). The minimum atomic E-state index is -0.428. The number of aromatic nitrogens is 2. The lowest BCUT2D eigenvalue weighted by atomic mass is 10.1. The van der Waals surface area contributed by atoms with Crippen LogP contribution >= 0.6 is 11.8 Å². The molecule has 0 aliphatic heterocycles. The highest BCUT2D eigenvalue weighted by atomic mass is 32.2. The fourth-order valence-corrected chi connectivity index (χ4v) is 3.70. The zero-order valence-electron chi connectivity index (χ0n) is 16.7. The first-order chi connectivity index (χ1) is 14.5. The first-order valence-corrected chi connectivity index (χ1v) is 10.4. The topological polar surface area (TPSA) is 73.2 Å². The molecule has 3 aromatic rings. The average molecular weight is 428 g/mol. The van der Waals surface area contributed by atoms with Crippen molar-refractivity contribution in [3.8, 4) is 11.3 Å². The summed E-state index contributed by atoms with van der Waals surface area (Å²) in [5.74, 6) is -0.711. The van der Waals surface area contributed by atoms with Crippen molar-refractivity contribution in [2.75, 3.05) is 18.2 Å². The number of halogens is 1. The van der Waals surface area contributed by atoms with Crippen molar-refractivity contribution in [3.63, 3.8) is 0 Å². The fourth-order valence-electron chi connectivity index (χ4n) is 2.90. The van der Waals surface area contributed by atoms with E-state index in [2.05, 4.69) is 22.0 Å². The highest BCUT2D eigenvalue weighted by Gasteiger charge is 2.14. The van der Waals surface area contributed by atoms with Crippen molar-refractivity contribution >= 4 is 29.3 Å². The summed E-state index contributed by atoms with van der Waals surface area (Å²) in [4.78, 5) is 28.3. The van der Waals surface area contributed by atoms with Crippen molar-refractivity contribution in [1.82, 2.24) is 9.55 Å². The Morgan fingerprint density at radius 2 is 1.83 bits per heavy atom. The Labute approximate surface area is 178 Å². The third-order valence-corrected chi connectivity index (χ3v) is 5.32. The molecule has 0 atom stereocenters. The summed E-state index contributed by atoms with van der Waals surface area (Å²) in [6, 6.07) is 12.8. The van der Waals surface area contributed by atoms with Gasteiger partial charge in [0.05, 0.1) is 30.3 Å². The fraction of sp³-hybridized carbons (Fsp3) is 0.227. The van der Waals surface area contributed by atoms with Crippen LogP contribution in [0.1, 0.15) is 23.7 Å². The second-order valence-electron chi connectivity index (χ2n) is 6.49. The summed E-state index contributed by atoms with van der Waals surface area (Å²) < 4.78 is 19.9. The molecule has 1 N–H and O–H groups in total. The third kappa shape index (κ3) is 5.27. The minimum Gasteiger partial charge on any atom is -0.465 e. The van der Waals surface area contributed by atoms with Crippen LogP contribution in [0.2, 0.25) is 0 Å². The minimum absolute atomic E-state index is 0.180. The van der Waals surface area contributed by atoms with Gasteiger partial charge in [-0.25, -0.2) is 14.2 Å². The number of benzene rings is 2. The Hall–Kier alpha value is -3.13. The molecule has 0 radical (unpaired) electrons. The molecule has 0 aliphatic carbocycles. The van der Waals surface area contributed by atoms with Gasteiger partial charge in [0.25, 0.3) is 0 Å². The Bertz CT molecular complexity index is 1020. The smallest absolute Gasteiger partial charge is 0.337 e. The summed E-state index contributed by atoms with van der Waals surface area (Å²) in [5, 5.41) is 3.53. The quantitative estimate of drug-likeness (QED) is 0.420. The number of esters is 1. The lowest BCUT2D eigenvalue weighted by molar-refractivity contribution is -0.113. The molecule has 0 saturated carbocycles. The summed E-state index contributed by atoms with van der Waals surface area (Å²) in [7, 11) is 1.32. The van der Waals surface area contributed by atoms with Crippen LogP contribution in [-0.4, -0.2) is 34.3 Å². The van der Waals surface area contributed by atoms with Gasteiger partial charge in [-0.1, -0.05) is 18.7 Å². The number of ether oxygens (including phenoxy) is 1. The number of thioether (sulfide) groups is 1. The lowest BCUT2D eigenvalue weighted by Gasteiger charge is -2.11. The number of hydrogen-bond acceptors (Lipinski definition) is 5. The number of carbonyl (C=O) groups excluding carboxylic acids is 2. The van der Waals surface area contributed by atoms with Gasteiger partial charge in [0.2, 0.25) is 5.91 Å². The molecule has 0 fully saturated rings. The molecule has 1 heterocycles. The van der Waals surface area contributed by atoms with E-state index in [1.165, 1.54) is 31.0 Å². The number of carbonyl (C=O) groups is 2. The molecule has 0 saturated heterocycles. The highest BCUT2D eigenvalue weighted by molar-refractivity contribution is 7.99. The van der Waals surface area contributed by atoms with Gasteiger partial charge in [0, 0.05) is 12.2 Å². The highest BCUT2D eigenvalue weighted by Crippen LogP contribution is 2.27. The van der Waals surface area contributed by atoms with Gasteiger partial charge in [-0.2, -0.15) is 0 Å². The maximum Gasteiger partial charge on any atom is 0.337 e. The Morgan fingerprint density at radius 1 is 1.13 bits per heavy atom. The molecular weight excluding hydrogens is 405 g/mol. The molecule has 2 aromatic carbocycles. The van der Waals surface area contributed by atoms with Gasteiger partial charge in [0.1, 0.15) is 5.82 Å². The van der Waals surface area contributed by atoms with Crippen molar-refractivity contribution in [2.45, 2.75) is 25.0 Å². The van der Waals surface area contributed by atoms with Crippen molar-refractivity contribution < 1.29 is 18.7 Å². The van der Waals surface area contributed by atoms with Crippen molar-refractivity contribution in [3.05, 3.63) is 66.1 Å². The number of amides is 1. The predicted octanol–water partition coefficient (Wildman–Crippen LogP) is 4.62. The summed E-state index contributed by atoms with van der Waals surface area (Å²) in [6.45, 7) is 2.80. The summed E-state index contributed by atoms with van der Waals surface area (Å²) >= 11 is 1.34. The normalized spacial score (nSPS) is 10.6. The van der Waals surface area contributed by atoms with E-state index in [-0.39, 0.29) is 17.5 Å². The Kier molecular flexibility index (Phi) is 7.24. The van der Waals surface area contributed by atoms with Gasteiger partial charge < -0.3 is 14.6 Å². The maximum absolute atomic E-state index is 13.2. The van der Waals surface area contributed by atoms with Gasteiger partial charge in [-0.15, -0.1) is 0 Å². The van der Waals surface area contributed by atoms with Crippen LogP contribution in [0, 0.1) is 5.82 Å². The van der Waals surface area contributed by atoms with Crippen LogP contribution in [-0.2, 0) is 16.1 Å². The molecular formula is C22H22FN3O3S. The average Bonchev–Trinajstić information content (AvgIpc) is 3.15. The maximum atomic E-state index is 13.2. The van der Waals surface area contributed by atoms with Crippen LogP contribution in [0.5, 0.6) is 0 Å². The lowest BCUT2D eigenvalue weighted by Crippen LogP contribution is -2.15. The van der Waals surface area contributed by atoms with Crippen LogP contribution < -0.4 is 5.32 Å². The van der Waals surface area contributed by atoms with Crippen LogP contribution in [0.15, 0.2) is 59.9 Å². The van der Waals surface area contributed by atoms with E-state index in [0.29, 0.717) is 11.3 Å². The van der Waals surface area contributed by atoms with E-state index in [4.69, 9.17) is 0 Å². The third-order valence-electron chi connectivity index (χ3n) is 4.33. The van der Waals surface area contributed by atoms with E-state index >= 15 is 0 Å². The van der Waals surface area contributed by atoms with E-state index in [0.717, 1.165) is 29.4 Å². The number of methoxy groups -OCH3 is 1. The number of nitrogens with one attached hydrogen (secondary N) is 1. The summed E-state index contributed by atoms with van der Waals surface area (Å²) in [5.41, 5.74) is 2.77. The molecule has 1 amide bonds. The largest absolute Gasteiger partial charge is 0.465 e. The molecule has 0 aliphatic rings. The van der Waals surface area contributed by atoms with E-state index in [1.54, 1.807) is 42.6 Å². The van der Waals surface area contributed by atoms with Crippen LogP contribution in [0.4, 0.5) is 10.1 Å². The van der Waals surface area contributed by atoms with Gasteiger partial charge in [-0.05, 0) is 60.5 Å². The van der Waals surface area contributed by atoms with E-state index in [1.807, 2.05) is 4.57 Å². The second kappa shape index (κ2) is 10.1. The SMILES string of the molecule is CCCn1c(-c2ccc(F)cc2)cnc1SCC(=O)Nc1ccc(C(=O)OC)cc1.